The molecule has 2 aromatic rings. The van der Waals surface area contributed by atoms with E-state index in [9.17, 15) is 45.2 Å². The Morgan fingerprint density at radius 2 is 1.80 bits per heavy atom. The third kappa shape index (κ3) is 8.86. The van der Waals surface area contributed by atoms with Gasteiger partial charge in [-0.3, -0.25) is 19.1 Å². The van der Waals surface area contributed by atoms with Crippen molar-refractivity contribution in [2.75, 3.05) is 20.3 Å². The van der Waals surface area contributed by atoms with Gasteiger partial charge in [0.05, 0.1) is 24.9 Å². The van der Waals surface area contributed by atoms with Gasteiger partial charge in [-0.05, 0) is 75.8 Å². The molecule has 2 saturated carbocycles. The van der Waals surface area contributed by atoms with Crippen LogP contribution < -0.4 is 24.8 Å². The van der Waals surface area contributed by atoms with Crippen molar-refractivity contribution in [2.24, 2.45) is 17.8 Å². The van der Waals surface area contributed by atoms with Crippen LogP contribution in [0.1, 0.15) is 85.5 Å². The lowest BCUT2D eigenvalue weighted by molar-refractivity contribution is -0.244. The molecule has 2 aliphatic carbocycles. The van der Waals surface area contributed by atoms with Crippen LogP contribution in [0.5, 0.6) is 11.6 Å². The molecule has 3 heterocycles. The summed E-state index contributed by atoms with van der Waals surface area (Å²) in [6, 6.07) is 2.14. The Morgan fingerprint density at radius 3 is 2.44 bits per heavy atom. The van der Waals surface area contributed by atoms with E-state index >= 15 is 0 Å². The number of carbonyl (C=O) groups excluding carboxylic acids is 4. The molecule has 1 aromatic carbocycles. The van der Waals surface area contributed by atoms with Crippen LogP contribution in [0.2, 0.25) is 5.02 Å². The zero-order valence-corrected chi connectivity index (χ0v) is 35.0. The summed E-state index contributed by atoms with van der Waals surface area (Å²) in [5, 5.41) is 6.39. The maximum atomic E-state index is 14.8. The van der Waals surface area contributed by atoms with Gasteiger partial charge in [0.2, 0.25) is 33.3 Å². The molecule has 326 valence electrons. The number of alkyl carbamates (subject to hydrolysis) is 1. The predicted octanol–water partition coefficient (Wildman–Crippen LogP) is 5.74. The second-order valence-electron chi connectivity index (χ2n) is 17.0. The van der Waals surface area contributed by atoms with E-state index in [2.05, 4.69) is 15.6 Å². The summed E-state index contributed by atoms with van der Waals surface area (Å²) in [6.07, 6.45) is -3.27. The van der Waals surface area contributed by atoms with E-state index in [0.717, 1.165) is 4.90 Å². The van der Waals surface area contributed by atoms with E-state index in [1.807, 2.05) is 11.6 Å². The number of aromatic nitrogens is 1. The van der Waals surface area contributed by atoms with Gasteiger partial charge in [-0.1, -0.05) is 50.8 Å². The summed E-state index contributed by atoms with van der Waals surface area (Å²) < 4.78 is 98.4. The van der Waals surface area contributed by atoms with Gasteiger partial charge >= 0.3 is 12.3 Å². The van der Waals surface area contributed by atoms with Crippen LogP contribution in [0.25, 0.3) is 10.8 Å². The number of sulfonamides is 1. The molecule has 59 heavy (non-hydrogen) atoms. The molecule has 4 amide bonds. The van der Waals surface area contributed by atoms with Crippen molar-refractivity contribution < 1.29 is 59.4 Å². The standard InChI is InChI=1S/C39H50ClF4N5O9S/c1-21-9-6-7-10-23-17-38(23,34(52)48-59(54,55)37(20-41)13-14-37)47-31(50)27-16-24(57-32-25-11-8-12-26(40)29(25)28(56-5)18-45-32)19-49(27)33(51)30(22(2)15-21)46-35(53)58-36(3,4)39(42,43)44/h8,11-12,18,21-24,27,30H,6-7,9-10,13-17,19-20H2,1-5H3,(H,46,53)(H,47,50)(H,48,52)/t21-,22-,23-,24-,27+,30+,38-/m1/s1. The Kier molecular flexibility index (Phi) is 12.3. The predicted molar refractivity (Wildman–Crippen MR) is 207 cm³/mol. The van der Waals surface area contributed by atoms with Gasteiger partial charge in [0.1, 0.15) is 40.9 Å². The van der Waals surface area contributed by atoms with E-state index in [1.54, 1.807) is 25.1 Å². The summed E-state index contributed by atoms with van der Waals surface area (Å²) in [5.41, 5.74) is -4.60. The van der Waals surface area contributed by atoms with Crippen molar-refractivity contribution in [1.82, 2.24) is 25.2 Å². The highest BCUT2D eigenvalue weighted by Gasteiger charge is 2.64. The first-order chi connectivity index (χ1) is 27.6. The molecule has 1 aromatic heterocycles. The van der Waals surface area contributed by atoms with Crippen molar-refractivity contribution >= 4 is 56.2 Å². The third-order valence-corrected chi connectivity index (χ3v) is 14.7. The van der Waals surface area contributed by atoms with Gasteiger partial charge in [-0.25, -0.2) is 22.6 Å². The molecule has 2 aliphatic heterocycles. The lowest BCUT2D eigenvalue weighted by atomic mass is 9.87. The Bertz CT molecular complexity index is 2090. The molecule has 0 unspecified atom stereocenters. The SMILES string of the molecule is COc1cnc(O[C@@H]2C[C@H]3C(=O)N[C@]4(C(=O)NS(=O)(=O)C5(CF)CC5)C[C@H]4CCCC[C@@H](C)C[C@@H](C)[C@H](NC(=O)OC(C)(C)C(F)(F)F)C(=O)N3C2)c2cccc(Cl)c12. The number of benzene rings is 1. The highest BCUT2D eigenvalue weighted by atomic mass is 35.5. The normalized spacial score (nSPS) is 28.9. The first-order valence-corrected chi connectivity index (χ1v) is 21.5. The molecular weight excluding hydrogens is 826 g/mol. The van der Waals surface area contributed by atoms with Gasteiger partial charge in [-0.2, -0.15) is 13.2 Å². The monoisotopic (exact) mass is 875 g/mol. The average Bonchev–Trinajstić information content (AvgIpc) is 4.06. The van der Waals surface area contributed by atoms with Crippen LogP contribution in [0, 0.1) is 17.8 Å². The summed E-state index contributed by atoms with van der Waals surface area (Å²) in [5.74, 6) is -3.40. The van der Waals surface area contributed by atoms with Crippen molar-refractivity contribution in [3.63, 3.8) is 0 Å². The molecule has 20 heteroatoms. The molecule has 4 fully saturated rings. The van der Waals surface area contributed by atoms with E-state index in [1.165, 1.54) is 13.3 Å². The van der Waals surface area contributed by atoms with Gasteiger partial charge < -0.3 is 29.7 Å². The van der Waals surface area contributed by atoms with Crippen LogP contribution >= 0.6 is 11.6 Å². The molecule has 0 radical (unpaired) electrons. The number of carbonyl (C=O) groups is 4. The van der Waals surface area contributed by atoms with Crippen LogP contribution in [0.15, 0.2) is 24.4 Å². The number of methoxy groups -OCH3 is 1. The van der Waals surface area contributed by atoms with E-state index in [-0.39, 0.29) is 44.0 Å². The van der Waals surface area contributed by atoms with Crippen molar-refractivity contribution in [1.29, 1.82) is 0 Å². The van der Waals surface area contributed by atoms with Crippen molar-refractivity contribution in [3.8, 4) is 11.6 Å². The number of halogens is 5. The number of nitrogens with zero attached hydrogens (tertiary/aromatic N) is 2. The number of pyridine rings is 1. The van der Waals surface area contributed by atoms with E-state index < -0.39 is 92.6 Å². The molecular formula is C39H50ClF4N5O9S. The number of amides is 4. The maximum Gasteiger partial charge on any atom is 0.427 e. The zero-order valence-electron chi connectivity index (χ0n) is 33.4. The van der Waals surface area contributed by atoms with E-state index in [0.29, 0.717) is 67.5 Å². The molecule has 6 rings (SSSR count). The number of rotatable bonds is 9. The van der Waals surface area contributed by atoms with Crippen molar-refractivity contribution in [3.05, 3.63) is 29.4 Å². The van der Waals surface area contributed by atoms with E-state index in [4.69, 9.17) is 25.8 Å². The minimum Gasteiger partial charge on any atom is -0.494 e. The molecule has 3 N–H and O–H groups in total. The largest absolute Gasteiger partial charge is 0.494 e. The fourth-order valence-corrected chi connectivity index (χ4v) is 9.93. The smallest absolute Gasteiger partial charge is 0.427 e. The first kappa shape index (κ1) is 44.4. The second kappa shape index (κ2) is 16.4. The molecule has 7 atom stereocenters. The number of nitrogens with one attached hydrogen (secondary N) is 3. The number of alkyl halides is 4. The Morgan fingerprint density at radius 1 is 1.10 bits per heavy atom. The lowest BCUT2D eigenvalue weighted by Crippen LogP contribution is -2.60. The average molecular weight is 876 g/mol. The molecule has 14 nitrogen and oxygen atoms in total. The second-order valence-corrected chi connectivity index (χ2v) is 19.5. The first-order valence-electron chi connectivity index (χ1n) is 19.7. The molecule has 0 bridgehead atoms. The highest BCUT2D eigenvalue weighted by molar-refractivity contribution is 7.91. The topological polar surface area (TPSA) is 182 Å². The highest BCUT2D eigenvalue weighted by Crippen LogP contribution is 2.49. The maximum absolute atomic E-state index is 14.8. The fraction of sp³-hybridized carbons (Fsp3) is 0.667. The Balaban J connectivity index is 1.36. The Labute approximate surface area is 344 Å². The van der Waals surface area contributed by atoms with Gasteiger partial charge in [0.15, 0.2) is 0 Å². The Hall–Kier alpha value is -4.13. The van der Waals surface area contributed by atoms with Crippen LogP contribution in [-0.2, 0) is 29.1 Å². The summed E-state index contributed by atoms with van der Waals surface area (Å²) in [4.78, 5) is 61.9. The number of hydrogen-bond acceptors (Lipinski definition) is 10. The number of ether oxygens (including phenoxy) is 3. The lowest BCUT2D eigenvalue weighted by Gasteiger charge is -2.34. The summed E-state index contributed by atoms with van der Waals surface area (Å²) in [6.45, 7) is 3.50. The van der Waals surface area contributed by atoms with Crippen LogP contribution in [0.4, 0.5) is 22.4 Å². The third-order valence-electron chi connectivity index (χ3n) is 12.3. The zero-order chi connectivity index (χ0) is 43.3. The number of hydrogen-bond donors (Lipinski definition) is 3. The van der Waals surface area contributed by atoms with Gasteiger partial charge in [-0.15, -0.1) is 0 Å². The summed E-state index contributed by atoms with van der Waals surface area (Å²) in [7, 11) is -3.01. The minimum atomic E-state index is -4.93. The molecule has 2 saturated heterocycles. The van der Waals surface area contributed by atoms with Gasteiger partial charge in [0, 0.05) is 17.2 Å². The molecule has 4 aliphatic rings. The van der Waals surface area contributed by atoms with Crippen LogP contribution in [0.3, 0.4) is 0 Å². The summed E-state index contributed by atoms with van der Waals surface area (Å²) >= 11 is 6.51. The minimum absolute atomic E-state index is 0.0332. The van der Waals surface area contributed by atoms with Crippen LogP contribution in [-0.4, -0.2) is 103 Å². The number of fused-ring (bicyclic) bond motifs is 3. The fourth-order valence-electron chi connectivity index (χ4n) is 8.23. The quantitative estimate of drug-likeness (QED) is 0.263. The van der Waals surface area contributed by atoms with Gasteiger partial charge in [0.25, 0.3) is 5.91 Å². The molecule has 0 spiro atoms. The van der Waals surface area contributed by atoms with Crippen molar-refractivity contribution in [2.45, 2.75) is 126 Å².